The van der Waals surface area contributed by atoms with E-state index in [1.54, 1.807) is 13.0 Å². The lowest BCUT2D eigenvalue weighted by molar-refractivity contribution is 0.0492. The molecule has 3 heteroatoms. The Hall–Kier alpha value is -1.77. The van der Waals surface area contributed by atoms with Gasteiger partial charge in [0.25, 0.3) is 0 Å². The molecule has 1 heterocycles. The summed E-state index contributed by atoms with van der Waals surface area (Å²) in [6, 6.07) is 7.64. The van der Waals surface area contributed by atoms with Crippen LogP contribution >= 0.6 is 0 Å². The van der Waals surface area contributed by atoms with Gasteiger partial charge < -0.3 is 9.15 Å². The maximum Gasteiger partial charge on any atom is 0.374 e. The number of carbonyl (C=O) groups is 1. The number of aryl methyl sites for hydroxylation is 1. The summed E-state index contributed by atoms with van der Waals surface area (Å²) in [5, 5.41) is 0.947. The average Bonchev–Trinajstić information content (AvgIpc) is 2.71. The van der Waals surface area contributed by atoms with Crippen LogP contribution in [0.1, 0.15) is 30.0 Å². The molecule has 16 heavy (non-hydrogen) atoms. The van der Waals surface area contributed by atoms with Crippen molar-refractivity contribution in [3.05, 3.63) is 35.6 Å². The van der Waals surface area contributed by atoms with Gasteiger partial charge in [-0.2, -0.15) is 0 Å². The van der Waals surface area contributed by atoms with Gasteiger partial charge in [-0.25, -0.2) is 4.79 Å². The first-order valence-corrected chi connectivity index (χ1v) is 5.44. The van der Waals surface area contributed by atoms with E-state index in [1.165, 1.54) is 5.56 Å². The molecule has 0 bridgehead atoms. The molecule has 0 aliphatic rings. The minimum atomic E-state index is -0.406. The lowest BCUT2D eigenvalue weighted by atomic mass is 10.1. The summed E-state index contributed by atoms with van der Waals surface area (Å²) in [5.41, 5.74) is 1.95. The number of furan rings is 1. The average molecular weight is 218 g/mol. The third-order valence-corrected chi connectivity index (χ3v) is 2.47. The second-order valence-electron chi connectivity index (χ2n) is 3.56. The number of esters is 1. The monoisotopic (exact) mass is 218 g/mol. The molecule has 0 saturated heterocycles. The van der Waals surface area contributed by atoms with E-state index in [0.29, 0.717) is 6.61 Å². The number of benzene rings is 1. The van der Waals surface area contributed by atoms with Crippen molar-refractivity contribution < 1.29 is 13.9 Å². The summed E-state index contributed by atoms with van der Waals surface area (Å²) in [5.74, 6) is -0.137. The Bertz CT molecular complexity index is 511. The molecule has 84 valence electrons. The molecule has 1 aromatic heterocycles. The molecule has 2 aromatic rings. The molecule has 0 radical (unpaired) electrons. The standard InChI is InChI=1S/C13H14O3/c1-3-9-5-6-11-10(7-9)8-12(16-11)13(14)15-4-2/h5-8H,3-4H2,1-2H3. The number of fused-ring (bicyclic) bond motifs is 1. The molecule has 0 amide bonds. The number of ether oxygens (including phenoxy) is 1. The first-order chi connectivity index (χ1) is 7.74. The van der Waals surface area contributed by atoms with E-state index in [4.69, 9.17) is 9.15 Å². The fourth-order valence-electron chi connectivity index (χ4n) is 1.62. The summed E-state index contributed by atoms with van der Waals surface area (Å²) < 4.78 is 10.3. The van der Waals surface area contributed by atoms with E-state index in [1.807, 2.05) is 18.2 Å². The van der Waals surface area contributed by atoms with Crippen LogP contribution in [0.4, 0.5) is 0 Å². The molecule has 0 unspecified atom stereocenters. The second kappa shape index (κ2) is 4.39. The SMILES string of the molecule is CCOC(=O)c1cc2cc(CC)ccc2o1. The van der Waals surface area contributed by atoms with Crippen molar-refractivity contribution in [2.24, 2.45) is 0 Å². The predicted molar refractivity (Wildman–Crippen MR) is 61.5 cm³/mol. The van der Waals surface area contributed by atoms with Gasteiger partial charge >= 0.3 is 5.97 Å². The molecule has 0 atom stereocenters. The van der Waals surface area contributed by atoms with Crippen molar-refractivity contribution in [1.82, 2.24) is 0 Å². The van der Waals surface area contributed by atoms with Gasteiger partial charge in [-0.05, 0) is 37.1 Å². The highest BCUT2D eigenvalue weighted by molar-refractivity contribution is 5.92. The van der Waals surface area contributed by atoms with Gasteiger partial charge in [0.1, 0.15) is 5.58 Å². The Morgan fingerprint density at radius 1 is 1.31 bits per heavy atom. The third kappa shape index (κ3) is 1.94. The quantitative estimate of drug-likeness (QED) is 0.743. The number of rotatable bonds is 3. The Kier molecular flexibility index (Phi) is 2.95. The number of hydrogen-bond acceptors (Lipinski definition) is 3. The van der Waals surface area contributed by atoms with Crippen molar-refractivity contribution in [3.8, 4) is 0 Å². The topological polar surface area (TPSA) is 39.4 Å². The summed E-state index contributed by atoms with van der Waals surface area (Å²) in [4.78, 5) is 11.5. The fraction of sp³-hybridized carbons (Fsp3) is 0.308. The molecule has 2 rings (SSSR count). The summed E-state index contributed by atoms with van der Waals surface area (Å²) in [6.07, 6.45) is 0.968. The Morgan fingerprint density at radius 2 is 2.12 bits per heavy atom. The van der Waals surface area contributed by atoms with E-state index in [9.17, 15) is 4.79 Å². The summed E-state index contributed by atoms with van der Waals surface area (Å²) in [7, 11) is 0. The second-order valence-corrected chi connectivity index (χ2v) is 3.56. The summed E-state index contributed by atoms with van der Waals surface area (Å²) in [6.45, 7) is 4.22. The highest BCUT2D eigenvalue weighted by Crippen LogP contribution is 2.21. The molecule has 0 aliphatic carbocycles. The van der Waals surface area contributed by atoms with E-state index in [2.05, 4.69) is 6.92 Å². The van der Waals surface area contributed by atoms with Crippen LogP contribution in [0.5, 0.6) is 0 Å². The lowest BCUT2D eigenvalue weighted by Crippen LogP contribution is -2.02. The van der Waals surface area contributed by atoms with Crippen molar-refractivity contribution in [3.63, 3.8) is 0 Å². The molecule has 0 aliphatic heterocycles. The van der Waals surface area contributed by atoms with Crippen LogP contribution in [0.25, 0.3) is 11.0 Å². The molecule has 0 N–H and O–H groups in total. The van der Waals surface area contributed by atoms with E-state index < -0.39 is 5.97 Å². The minimum absolute atomic E-state index is 0.269. The van der Waals surface area contributed by atoms with Gasteiger partial charge in [0.15, 0.2) is 0 Å². The number of hydrogen-bond donors (Lipinski definition) is 0. The molecular weight excluding hydrogens is 204 g/mol. The van der Waals surface area contributed by atoms with Gasteiger partial charge in [0, 0.05) is 5.39 Å². The van der Waals surface area contributed by atoms with E-state index in [0.717, 1.165) is 17.4 Å². The van der Waals surface area contributed by atoms with Crippen LogP contribution in [0.2, 0.25) is 0 Å². The van der Waals surface area contributed by atoms with Gasteiger partial charge in [-0.3, -0.25) is 0 Å². The predicted octanol–water partition coefficient (Wildman–Crippen LogP) is 3.17. The highest BCUT2D eigenvalue weighted by atomic mass is 16.5. The highest BCUT2D eigenvalue weighted by Gasteiger charge is 2.12. The van der Waals surface area contributed by atoms with Crippen LogP contribution in [0.15, 0.2) is 28.7 Å². The van der Waals surface area contributed by atoms with Crippen molar-refractivity contribution >= 4 is 16.9 Å². The van der Waals surface area contributed by atoms with Gasteiger partial charge in [0.05, 0.1) is 6.61 Å². The molecule has 0 spiro atoms. The van der Waals surface area contributed by atoms with Crippen LogP contribution < -0.4 is 0 Å². The zero-order valence-electron chi connectivity index (χ0n) is 9.45. The first kappa shape index (κ1) is 10.7. The van der Waals surface area contributed by atoms with E-state index >= 15 is 0 Å². The fourth-order valence-corrected chi connectivity index (χ4v) is 1.62. The summed E-state index contributed by atoms with van der Waals surface area (Å²) >= 11 is 0. The largest absolute Gasteiger partial charge is 0.460 e. The first-order valence-electron chi connectivity index (χ1n) is 5.44. The van der Waals surface area contributed by atoms with Crippen LogP contribution in [0.3, 0.4) is 0 Å². The maximum absolute atomic E-state index is 11.5. The van der Waals surface area contributed by atoms with Crippen molar-refractivity contribution in [2.45, 2.75) is 20.3 Å². The maximum atomic E-state index is 11.5. The Balaban J connectivity index is 2.39. The molecule has 3 nitrogen and oxygen atoms in total. The van der Waals surface area contributed by atoms with Gasteiger partial charge in [0.2, 0.25) is 5.76 Å². The van der Waals surface area contributed by atoms with Gasteiger partial charge in [-0.15, -0.1) is 0 Å². The molecule has 1 aromatic carbocycles. The molecular formula is C13H14O3. The normalized spacial score (nSPS) is 10.6. The van der Waals surface area contributed by atoms with Crippen LogP contribution in [-0.4, -0.2) is 12.6 Å². The Morgan fingerprint density at radius 3 is 2.81 bits per heavy atom. The Labute approximate surface area is 94.0 Å². The van der Waals surface area contributed by atoms with Crippen molar-refractivity contribution in [2.75, 3.05) is 6.61 Å². The lowest BCUT2D eigenvalue weighted by Gasteiger charge is -1.95. The van der Waals surface area contributed by atoms with E-state index in [-0.39, 0.29) is 5.76 Å². The van der Waals surface area contributed by atoms with Crippen LogP contribution in [-0.2, 0) is 11.2 Å². The smallest absolute Gasteiger partial charge is 0.374 e. The third-order valence-electron chi connectivity index (χ3n) is 2.47. The number of carbonyl (C=O) groups excluding carboxylic acids is 1. The zero-order chi connectivity index (χ0) is 11.5. The van der Waals surface area contributed by atoms with Crippen molar-refractivity contribution in [1.29, 1.82) is 0 Å². The van der Waals surface area contributed by atoms with Gasteiger partial charge in [-0.1, -0.05) is 13.0 Å². The zero-order valence-corrected chi connectivity index (χ0v) is 9.45. The molecule has 0 saturated carbocycles. The molecule has 0 fully saturated rings. The van der Waals surface area contributed by atoms with Crippen LogP contribution in [0, 0.1) is 0 Å². The minimum Gasteiger partial charge on any atom is -0.460 e.